The molecule has 0 fully saturated rings. The topological polar surface area (TPSA) is 49.3 Å². The normalized spacial score (nSPS) is 9.86. The van der Waals surface area contributed by atoms with E-state index in [1.807, 2.05) is 0 Å². The van der Waals surface area contributed by atoms with Crippen molar-refractivity contribution >= 4 is 19.2 Å². The van der Waals surface area contributed by atoms with Gasteiger partial charge >= 0.3 is 0 Å². The molecule has 2 radical (unpaired) electrons. The molecule has 1 aromatic rings. The van der Waals surface area contributed by atoms with Crippen LogP contribution >= 0.6 is 0 Å². The number of nitrogens with one attached hydrogen (secondary N) is 1. The van der Waals surface area contributed by atoms with Crippen molar-refractivity contribution < 1.29 is 14.3 Å². The average Bonchev–Trinajstić information content (AvgIpc) is 2.18. The van der Waals surface area contributed by atoms with Crippen molar-refractivity contribution in [3.8, 4) is 0 Å². The monoisotopic (exact) mass is 193 g/mol. The Hall–Kier alpha value is -1.36. The van der Waals surface area contributed by atoms with Gasteiger partial charge in [-0.3, -0.25) is 4.79 Å². The van der Waals surface area contributed by atoms with Crippen LogP contribution < -0.4 is 10.8 Å². The lowest BCUT2D eigenvalue weighted by atomic mass is 9.94. The Bertz CT molecular complexity index is 344. The van der Waals surface area contributed by atoms with E-state index in [0.29, 0.717) is 5.46 Å². The fourth-order valence-electron chi connectivity index (χ4n) is 0.982. The van der Waals surface area contributed by atoms with Crippen LogP contribution in [-0.4, -0.2) is 32.0 Å². The number of benzene rings is 1. The standard InChI is InChI=1S/C9H9BFNO2/c10-6-1-2-8(11)7(5-6)9(14)12-3-4-13/h1-2,5,13H,3-4H2,(H,12,14). The molecular weight excluding hydrogens is 184 g/mol. The van der Waals surface area contributed by atoms with Gasteiger partial charge < -0.3 is 10.4 Å². The maximum Gasteiger partial charge on any atom is 0.254 e. The summed E-state index contributed by atoms with van der Waals surface area (Å²) in [4.78, 5) is 11.3. The van der Waals surface area contributed by atoms with Crippen molar-refractivity contribution in [3.63, 3.8) is 0 Å². The third-order valence-electron chi connectivity index (χ3n) is 1.63. The molecule has 0 aliphatic heterocycles. The Balaban J connectivity index is 2.83. The highest BCUT2D eigenvalue weighted by molar-refractivity contribution is 6.32. The zero-order valence-corrected chi connectivity index (χ0v) is 7.46. The first-order valence-electron chi connectivity index (χ1n) is 4.09. The van der Waals surface area contributed by atoms with Gasteiger partial charge in [-0.15, -0.1) is 0 Å². The first-order valence-corrected chi connectivity index (χ1v) is 4.09. The SMILES string of the molecule is [B]c1ccc(F)c(C(=O)NCCO)c1. The maximum absolute atomic E-state index is 13.1. The number of rotatable bonds is 3. The van der Waals surface area contributed by atoms with Gasteiger partial charge in [0.25, 0.3) is 5.91 Å². The highest BCUT2D eigenvalue weighted by atomic mass is 19.1. The molecule has 1 rings (SSSR count). The Kier molecular flexibility index (Phi) is 3.65. The minimum Gasteiger partial charge on any atom is -0.395 e. The number of amides is 1. The molecule has 1 aromatic carbocycles. The van der Waals surface area contributed by atoms with Crippen molar-refractivity contribution in [1.82, 2.24) is 5.32 Å². The summed E-state index contributed by atoms with van der Waals surface area (Å²) in [5.41, 5.74) is 0.207. The van der Waals surface area contributed by atoms with Crippen LogP contribution in [0.3, 0.4) is 0 Å². The van der Waals surface area contributed by atoms with Crippen LogP contribution in [0, 0.1) is 5.82 Å². The summed E-state index contributed by atoms with van der Waals surface area (Å²) in [6.07, 6.45) is 0. The molecule has 0 saturated carbocycles. The molecular formula is C9H9BFNO2. The maximum atomic E-state index is 13.1. The van der Waals surface area contributed by atoms with E-state index in [9.17, 15) is 9.18 Å². The van der Waals surface area contributed by atoms with E-state index in [-0.39, 0.29) is 18.7 Å². The number of aliphatic hydroxyl groups excluding tert-OH is 1. The van der Waals surface area contributed by atoms with Crippen molar-refractivity contribution in [3.05, 3.63) is 29.6 Å². The predicted molar refractivity (Wildman–Crippen MR) is 51.2 cm³/mol. The molecule has 5 heteroatoms. The quantitative estimate of drug-likeness (QED) is 0.626. The van der Waals surface area contributed by atoms with Crippen molar-refractivity contribution in [1.29, 1.82) is 0 Å². The van der Waals surface area contributed by atoms with E-state index in [2.05, 4.69) is 5.32 Å². The van der Waals surface area contributed by atoms with Gasteiger partial charge in [-0.2, -0.15) is 0 Å². The molecule has 0 bridgehead atoms. The van der Waals surface area contributed by atoms with Crippen molar-refractivity contribution in [2.45, 2.75) is 0 Å². The number of hydrogen-bond acceptors (Lipinski definition) is 2. The van der Waals surface area contributed by atoms with Crippen molar-refractivity contribution in [2.24, 2.45) is 0 Å². The number of halogens is 1. The van der Waals surface area contributed by atoms with Gasteiger partial charge in [0.15, 0.2) is 0 Å². The minimum atomic E-state index is -0.630. The van der Waals surface area contributed by atoms with Crippen LogP contribution in [0.1, 0.15) is 10.4 Å². The lowest BCUT2D eigenvalue weighted by Crippen LogP contribution is -2.28. The zero-order valence-electron chi connectivity index (χ0n) is 7.46. The third-order valence-corrected chi connectivity index (χ3v) is 1.63. The number of hydrogen-bond donors (Lipinski definition) is 2. The summed E-state index contributed by atoms with van der Waals surface area (Å²) < 4.78 is 13.1. The molecule has 72 valence electrons. The Labute approximate surface area is 82.3 Å². The highest BCUT2D eigenvalue weighted by Gasteiger charge is 2.10. The summed E-state index contributed by atoms with van der Waals surface area (Å²) in [6, 6.07) is 3.75. The van der Waals surface area contributed by atoms with Gasteiger partial charge in [-0.1, -0.05) is 17.6 Å². The van der Waals surface area contributed by atoms with E-state index in [1.165, 1.54) is 12.1 Å². The van der Waals surface area contributed by atoms with Crippen LogP contribution in [0.5, 0.6) is 0 Å². The number of aliphatic hydroxyl groups is 1. The van der Waals surface area contributed by atoms with Crippen LogP contribution in [-0.2, 0) is 0 Å². The number of carbonyl (C=O) groups is 1. The second-order valence-corrected chi connectivity index (χ2v) is 2.72. The van der Waals surface area contributed by atoms with E-state index >= 15 is 0 Å². The molecule has 3 nitrogen and oxygen atoms in total. The largest absolute Gasteiger partial charge is 0.395 e. The second kappa shape index (κ2) is 4.76. The Morgan fingerprint density at radius 3 is 2.93 bits per heavy atom. The molecule has 0 atom stereocenters. The minimum absolute atomic E-state index is 0.0903. The molecule has 1 amide bonds. The lowest BCUT2D eigenvalue weighted by Gasteiger charge is -2.05. The van der Waals surface area contributed by atoms with Crippen LogP contribution in [0.4, 0.5) is 4.39 Å². The molecule has 0 spiro atoms. The first kappa shape index (κ1) is 10.7. The number of carbonyl (C=O) groups excluding carboxylic acids is 1. The molecule has 14 heavy (non-hydrogen) atoms. The highest BCUT2D eigenvalue weighted by Crippen LogP contribution is 2.03. The van der Waals surface area contributed by atoms with Crippen molar-refractivity contribution in [2.75, 3.05) is 13.2 Å². The van der Waals surface area contributed by atoms with Crippen LogP contribution in [0.15, 0.2) is 18.2 Å². The molecule has 0 aliphatic rings. The molecule has 0 aromatic heterocycles. The van der Waals surface area contributed by atoms with Gasteiger partial charge in [0, 0.05) is 6.54 Å². The Morgan fingerprint density at radius 1 is 1.57 bits per heavy atom. The Morgan fingerprint density at radius 2 is 2.29 bits per heavy atom. The second-order valence-electron chi connectivity index (χ2n) is 2.72. The van der Waals surface area contributed by atoms with Gasteiger partial charge in [0.05, 0.1) is 12.2 Å². The average molecular weight is 193 g/mol. The van der Waals surface area contributed by atoms with E-state index in [4.69, 9.17) is 13.0 Å². The van der Waals surface area contributed by atoms with Crippen LogP contribution in [0.25, 0.3) is 0 Å². The summed E-state index contributed by atoms with van der Waals surface area (Å²) >= 11 is 0. The first-order chi connectivity index (χ1) is 6.65. The smallest absolute Gasteiger partial charge is 0.254 e. The van der Waals surface area contributed by atoms with Gasteiger partial charge in [-0.05, 0) is 6.07 Å². The molecule has 2 N–H and O–H groups in total. The summed E-state index contributed by atoms with van der Waals surface area (Å²) in [7, 11) is 5.40. The summed E-state index contributed by atoms with van der Waals surface area (Å²) in [6.45, 7) is -0.0945. The molecule has 0 aliphatic carbocycles. The van der Waals surface area contributed by atoms with Gasteiger partial charge in [0.1, 0.15) is 13.7 Å². The van der Waals surface area contributed by atoms with Crippen LogP contribution in [0.2, 0.25) is 0 Å². The van der Waals surface area contributed by atoms with Gasteiger partial charge in [-0.25, -0.2) is 4.39 Å². The fraction of sp³-hybridized carbons (Fsp3) is 0.222. The van der Waals surface area contributed by atoms with Gasteiger partial charge in [0.2, 0.25) is 0 Å². The summed E-state index contributed by atoms with van der Waals surface area (Å²) in [5.74, 6) is -1.21. The lowest BCUT2D eigenvalue weighted by molar-refractivity contribution is 0.0941. The summed E-state index contributed by atoms with van der Waals surface area (Å²) in [5, 5.41) is 10.8. The molecule has 0 saturated heterocycles. The third kappa shape index (κ3) is 2.57. The predicted octanol–water partition coefficient (Wildman–Crippen LogP) is -0.658. The van der Waals surface area contributed by atoms with E-state index in [0.717, 1.165) is 6.07 Å². The fourth-order valence-corrected chi connectivity index (χ4v) is 0.982. The molecule has 0 heterocycles. The zero-order chi connectivity index (χ0) is 10.6. The van der Waals surface area contributed by atoms with E-state index in [1.54, 1.807) is 0 Å². The molecule has 0 unspecified atom stereocenters. The van der Waals surface area contributed by atoms with E-state index < -0.39 is 11.7 Å².